The summed E-state index contributed by atoms with van der Waals surface area (Å²) >= 11 is 0. The van der Waals surface area contributed by atoms with Crippen LogP contribution in [0.25, 0.3) is 10.9 Å². The number of fused-ring (bicyclic) bond motifs is 1. The fraction of sp³-hybridized carbons (Fsp3) is 0.526. The molecule has 1 unspecified atom stereocenters. The Morgan fingerprint density at radius 1 is 1.11 bits per heavy atom. The molecule has 4 rings (SSSR count). The summed E-state index contributed by atoms with van der Waals surface area (Å²) < 4.78 is 24.6. The van der Waals surface area contributed by atoms with Crippen LogP contribution in [0.15, 0.2) is 18.5 Å². The number of hydrogen-bond acceptors (Lipinski definition) is 7. The molecule has 0 radical (unpaired) electrons. The molecule has 1 N–H and O–H groups in total. The van der Waals surface area contributed by atoms with Gasteiger partial charge in [0.1, 0.15) is 23.1 Å². The third-order valence-corrected chi connectivity index (χ3v) is 7.07. The summed E-state index contributed by atoms with van der Waals surface area (Å²) in [6, 6.07) is 3.83. The van der Waals surface area contributed by atoms with Gasteiger partial charge in [-0.15, -0.1) is 0 Å². The van der Waals surface area contributed by atoms with Crippen molar-refractivity contribution in [2.45, 2.75) is 19.3 Å². The van der Waals surface area contributed by atoms with E-state index >= 15 is 0 Å². The molecule has 2 fully saturated rings. The molecule has 28 heavy (non-hydrogen) atoms. The van der Waals surface area contributed by atoms with Gasteiger partial charge in [-0.25, -0.2) is 18.5 Å². The number of rotatable bonds is 5. The van der Waals surface area contributed by atoms with Gasteiger partial charge < -0.3 is 14.4 Å². The second-order valence-electron chi connectivity index (χ2n) is 7.42. The van der Waals surface area contributed by atoms with Crippen molar-refractivity contribution in [2.24, 2.45) is 5.41 Å². The zero-order valence-electron chi connectivity index (χ0n) is 16.2. The Balaban J connectivity index is 1.58. The highest BCUT2D eigenvalue weighted by Gasteiger charge is 2.42. The molecule has 1 atom stereocenters. The van der Waals surface area contributed by atoms with Gasteiger partial charge in [-0.05, 0) is 30.7 Å². The molecule has 2 aliphatic heterocycles. The smallest absolute Gasteiger partial charge is 0.162 e. The van der Waals surface area contributed by atoms with Gasteiger partial charge in [-0.2, -0.15) is 0 Å². The number of hydrogen-bond donors (Lipinski definition) is 1. The Morgan fingerprint density at radius 3 is 2.46 bits per heavy atom. The van der Waals surface area contributed by atoms with Gasteiger partial charge in [0.15, 0.2) is 11.5 Å². The standard InChI is InChI=1S/C19H25N5O3S/c1-26-16-9-14-15(10-17(16)27-2)21-13-22-18(14)23-6-3-19(11-23)4-7-24(8-5-19)28(25)12-20/h9-10,12-13,20H,3-8,11H2,1-2H3. The van der Waals surface area contributed by atoms with Crippen molar-refractivity contribution in [3.63, 3.8) is 0 Å². The Morgan fingerprint density at radius 2 is 1.79 bits per heavy atom. The van der Waals surface area contributed by atoms with Gasteiger partial charge in [-0.3, -0.25) is 5.41 Å². The minimum Gasteiger partial charge on any atom is -0.493 e. The largest absolute Gasteiger partial charge is 0.493 e. The lowest BCUT2D eigenvalue weighted by Crippen LogP contribution is -2.42. The van der Waals surface area contributed by atoms with E-state index in [1.54, 1.807) is 20.5 Å². The Labute approximate surface area is 166 Å². The summed E-state index contributed by atoms with van der Waals surface area (Å²) in [5.74, 6) is 2.25. The zero-order chi connectivity index (χ0) is 19.7. The summed E-state index contributed by atoms with van der Waals surface area (Å²) in [5, 5.41) is 8.18. The van der Waals surface area contributed by atoms with Gasteiger partial charge in [-0.1, -0.05) is 0 Å². The van der Waals surface area contributed by atoms with Crippen LogP contribution in [0.2, 0.25) is 0 Å². The lowest BCUT2D eigenvalue weighted by atomic mass is 9.78. The van der Waals surface area contributed by atoms with Crippen molar-refractivity contribution in [2.75, 3.05) is 45.3 Å². The Hall–Kier alpha value is -2.26. The van der Waals surface area contributed by atoms with Crippen molar-refractivity contribution >= 4 is 33.3 Å². The van der Waals surface area contributed by atoms with Crippen LogP contribution in [0, 0.1) is 10.8 Å². The van der Waals surface area contributed by atoms with E-state index in [4.69, 9.17) is 14.9 Å². The van der Waals surface area contributed by atoms with E-state index in [9.17, 15) is 4.21 Å². The van der Waals surface area contributed by atoms with E-state index in [0.717, 1.165) is 67.7 Å². The van der Waals surface area contributed by atoms with Gasteiger partial charge in [0.05, 0.1) is 25.3 Å². The predicted molar refractivity (Wildman–Crippen MR) is 110 cm³/mol. The number of nitrogens with zero attached hydrogens (tertiary/aromatic N) is 4. The molecule has 2 saturated heterocycles. The molecule has 150 valence electrons. The molecule has 0 bridgehead atoms. The van der Waals surface area contributed by atoms with Gasteiger partial charge in [0.25, 0.3) is 0 Å². The van der Waals surface area contributed by atoms with Crippen LogP contribution >= 0.6 is 0 Å². The van der Waals surface area contributed by atoms with E-state index in [1.165, 1.54) is 0 Å². The van der Waals surface area contributed by atoms with Crippen LogP contribution in [0.4, 0.5) is 5.82 Å². The Bertz CT molecular complexity index is 914. The highest BCUT2D eigenvalue weighted by molar-refractivity contribution is 7.96. The monoisotopic (exact) mass is 403 g/mol. The number of nitrogens with one attached hydrogen (secondary N) is 1. The van der Waals surface area contributed by atoms with E-state index in [2.05, 4.69) is 14.9 Å². The van der Waals surface area contributed by atoms with Crippen LogP contribution in [-0.4, -0.2) is 64.4 Å². The quantitative estimate of drug-likeness (QED) is 0.608. The highest BCUT2D eigenvalue weighted by Crippen LogP contribution is 2.43. The first-order valence-corrected chi connectivity index (χ1v) is 10.5. The summed E-state index contributed by atoms with van der Waals surface area (Å²) in [7, 11) is 1.96. The van der Waals surface area contributed by atoms with Gasteiger partial charge >= 0.3 is 0 Å². The average molecular weight is 404 g/mol. The van der Waals surface area contributed by atoms with Crippen LogP contribution < -0.4 is 14.4 Å². The van der Waals surface area contributed by atoms with Crippen LogP contribution in [0.3, 0.4) is 0 Å². The third-order valence-electron chi connectivity index (χ3n) is 6.00. The minimum absolute atomic E-state index is 0.219. The molecule has 8 nitrogen and oxygen atoms in total. The van der Waals surface area contributed by atoms with Crippen molar-refractivity contribution in [3.8, 4) is 11.5 Å². The maximum absolute atomic E-state index is 11.9. The fourth-order valence-electron chi connectivity index (χ4n) is 4.36. The van der Waals surface area contributed by atoms with Crippen molar-refractivity contribution in [3.05, 3.63) is 18.5 Å². The molecular formula is C19H25N5O3S. The lowest BCUT2D eigenvalue weighted by molar-refractivity contribution is 0.182. The van der Waals surface area contributed by atoms with E-state index < -0.39 is 11.0 Å². The molecule has 9 heteroatoms. The van der Waals surface area contributed by atoms with Crippen molar-refractivity contribution < 1.29 is 13.7 Å². The maximum atomic E-state index is 11.9. The molecule has 2 aromatic rings. The summed E-state index contributed by atoms with van der Waals surface area (Å²) in [6.45, 7) is 3.41. The molecule has 3 heterocycles. The number of benzene rings is 1. The maximum Gasteiger partial charge on any atom is 0.162 e. The van der Waals surface area contributed by atoms with E-state index in [-0.39, 0.29) is 5.41 Å². The first kappa shape index (κ1) is 19.1. The van der Waals surface area contributed by atoms with Crippen LogP contribution in [-0.2, 0) is 11.0 Å². The molecule has 2 aliphatic rings. The van der Waals surface area contributed by atoms with Gasteiger partial charge in [0, 0.05) is 37.6 Å². The third kappa shape index (κ3) is 3.33. The second kappa shape index (κ2) is 7.63. The molecule has 0 amide bonds. The predicted octanol–water partition coefficient (Wildman–Crippen LogP) is 2.21. The average Bonchev–Trinajstić information content (AvgIpc) is 3.15. The topological polar surface area (TPSA) is 91.6 Å². The second-order valence-corrected chi connectivity index (χ2v) is 8.72. The molecular weight excluding hydrogens is 378 g/mol. The number of ether oxygens (including phenoxy) is 2. The molecule has 1 spiro atoms. The van der Waals surface area contributed by atoms with Gasteiger partial charge in [0.2, 0.25) is 0 Å². The normalized spacial score (nSPS) is 20.4. The van der Waals surface area contributed by atoms with Crippen molar-refractivity contribution in [1.82, 2.24) is 14.3 Å². The number of methoxy groups -OCH3 is 2. The van der Waals surface area contributed by atoms with Crippen LogP contribution in [0.1, 0.15) is 19.3 Å². The van der Waals surface area contributed by atoms with E-state index in [0.29, 0.717) is 11.5 Å². The summed E-state index contributed by atoms with van der Waals surface area (Å²) in [4.78, 5) is 11.3. The number of aromatic nitrogens is 2. The molecule has 1 aromatic carbocycles. The molecule has 0 saturated carbocycles. The summed E-state index contributed by atoms with van der Waals surface area (Å²) in [5.41, 5.74) is 2.07. The summed E-state index contributed by atoms with van der Waals surface area (Å²) in [6.07, 6.45) is 4.67. The zero-order valence-corrected chi connectivity index (χ0v) is 17.0. The first-order valence-electron chi connectivity index (χ1n) is 9.37. The minimum atomic E-state index is -1.29. The molecule has 1 aromatic heterocycles. The Kier molecular flexibility index (Phi) is 5.20. The van der Waals surface area contributed by atoms with E-state index in [1.807, 2.05) is 16.4 Å². The number of piperidine rings is 1. The van der Waals surface area contributed by atoms with Crippen molar-refractivity contribution in [1.29, 1.82) is 5.41 Å². The van der Waals surface area contributed by atoms with Crippen LogP contribution in [0.5, 0.6) is 11.5 Å². The molecule has 0 aliphatic carbocycles. The first-order chi connectivity index (χ1) is 13.6. The highest BCUT2D eigenvalue weighted by atomic mass is 32.2. The number of anilines is 1. The lowest BCUT2D eigenvalue weighted by Gasteiger charge is -2.38. The fourth-order valence-corrected chi connectivity index (χ4v) is 5.05. The SMILES string of the molecule is COc1cc2ncnc(N3CCC4(CCN(S(=O)C=N)CC4)C3)c2cc1OC.